The van der Waals surface area contributed by atoms with E-state index in [1.807, 2.05) is 6.92 Å². The first kappa shape index (κ1) is 16.6. The molecule has 0 atom stereocenters. The van der Waals surface area contributed by atoms with Gasteiger partial charge in [-0.1, -0.05) is 11.6 Å². The van der Waals surface area contributed by atoms with Crippen LogP contribution in [0.25, 0.3) is 0 Å². The second-order valence-corrected chi connectivity index (χ2v) is 5.56. The van der Waals surface area contributed by atoms with Crippen molar-refractivity contribution in [3.8, 4) is 0 Å². The lowest BCUT2D eigenvalue weighted by Gasteiger charge is -2.11. The smallest absolute Gasteiger partial charge is 0.334 e. The van der Waals surface area contributed by atoms with Crippen LogP contribution in [0.1, 0.15) is 5.56 Å². The number of anilines is 4. The van der Waals surface area contributed by atoms with Gasteiger partial charge in [0, 0.05) is 16.9 Å². The first-order chi connectivity index (χ1) is 12.0. The second-order valence-electron chi connectivity index (χ2n) is 5.13. The van der Waals surface area contributed by atoms with Crippen molar-refractivity contribution >= 4 is 40.3 Å². The summed E-state index contributed by atoms with van der Waals surface area (Å²) in [5, 5.41) is 18.0. The molecule has 3 rings (SSSR count). The molecular formula is C16H13ClN6O2. The van der Waals surface area contributed by atoms with Crippen molar-refractivity contribution in [2.75, 3.05) is 10.6 Å². The molecule has 0 unspecified atom stereocenters. The topological polar surface area (TPSA) is 106 Å². The van der Waals surface area contributed by atoms with E-state index < -0.39 is 4.92 Å². The van der Waals surface area contributed by atoms with Gasteiger partial charge in [0.1, 0.15) is 6.33 Å². The van der Waals surface area contributed by atoms with E-state index in [0.717, 1.165) is 5.56 Å². The quantitative estimate of drug-likeness (QED) is 0.520. The molecule has 3 aromatic rings. The van der Waals surface area contributed by atoms with Crippen LogP contribution in [0.4, 0.5) is 28.7 Å². The summed E-state index contributed by atoms with van der Waals surface area (Å²) in [7, 11) is 0. The largest absolute Gasteiger partial charge is 0.353 e. The minimum atomic E-state index is -0.535. The summed E-state index contributed by atoms with van der Waals surface area (Å²) in [5.74, 6) is 0.152. The Labute approximate surface area is 148 Å². The monoisotopic (exact) mass is 356 g/mol. The van der Waals surface area contributed by atoms with E-state index in [4.69, 9.17) is 11.6 Å². The molecule has 0 bridgehead atoms. The number of aryl methyl sites for hydroxylation is 1. The van der Waals surface area contributed by atoms with Crippen molar-refractivity contribution in [1.29, 1.82) is 0 Å². The minimum absolute atomic E-state index is 0.0714. The van der Waals surface area contributed by atoms with Crippen LogP contribution in [0.15, 0.2) is 49.1 Å². The maximum atomic E-state index is 11.6. The van der Waals surface area contributed by atoms with Gasteiger partial charge < -0.3 is 10.6 Å². The number of nitro groups is 1. The fourth-order valence-electron chi connectivity index (χ4n) is 2.20. The van der Waals surface area contributed by atoms with Gasteiger partial charge in [0.25, 0.3) is 0 Å². The number of hydrogen-bond acceptors (Lipinski definition) is 7. The van der Waals surface area contributed by atoms with E-state index >= 15 is 0 Å². The SMILES string of the molecule is Cc1cc(Cl)ccc1Nc1ncnc(Nc2cccnc2)c1[N+](=O)[O-]. The van der Waals surface area contributed by atoms with Crippen LogP contribution in [-0.2, 0) is 0 Å². The number of benzene rings is 1. The number of hydrogen-bond donors (Lipinski definition) is 2. The highest BCUT2D eigenvalue weighted by Gasteiger charge is 2.23. The Bertz CT molecular complexity index is 920. The third kappa shape index (κ3) is 3.81. The Morgan fingerprint density at radius 3 is 2.56 bits per heavy atom. The molecule has 0 saturated heterocycles. The Kier molecular flexibility index (Phi) is 4.71. The summed E-state index contributed by atoms with van der Waals surface area (Å²) in [6.07, 6.45) is 4.40. The van der Waals surface area contributed by atoms with Gasteiger partial charge in [-0.25, -0.2) is 9.97 Å². The van der Waals surface area contributed by atoms with E-state index in [9.17, 15) is 10.1 Å². The van der Waals surface area contributed by atoms with Crippen LogP contribution in [0.5, 0.6) is 0 Å². The fourth-order valence-corrected chi connectivity index (χ4v) is 2.43. The molecule has 1 aromatic carbocycles. The molecular weight excluding hydrogens is 344 g/mol. The maximum absolute atomic E-state index is 11.6. The van der Waals surface area contributed by atoms with Crippen LogP contribution < -0.4 is 10.6 Å². The van der Waals surface area contributed by atoms with Crippen molar-refractivity contribution in [2.24, 2.45) is 0 Å². The Balaban J connectivity index is 1.99. The number of nitrogens with zero attached hydrogens (tertiary/aromatic N) is 4. The van der Waals surface area contributed by atoms with E-state index in [0.29, 0.717) is 16.4 Å². The number of rotatable bonds is 5. The Hall–Kier alpha value is -3.26. The van der Waals surface area contributed by atoms with Crippen molar-refractivity contribution in [3.63, 3.8) is 0 Å². The molecule has 0 fully saturated rings. The molecule has 2 heterocycles. The van der Waals surface area contributed by atoms with Gasteiger partial charge in [-0.3, -0.25) is 15.1 Å². The normalized spacial score (nSPS) is 10.3. The van der Waals surface area contributed by atoms with Gasteiger partial charge in [-0.15, -0.1) is 0 Å². The fraction of sp³-hybridized carbons (Fsp3) is 0.0625. The zero-order chi connectivity index (χ0) is 17.8. The molecule has 2 aromatic heterocycles. The first-order valence-electron chi connectivity index (χ1n) is 7.24. The van der Waals surface area contributed by atoms with Gasteiger partial charge in [0.15, 0.2) is 0 Å². The molecule has 2 N–H and O–H groups in total. The Morgan fingerprint density at radius 2 is 1.92 bits per heavy atom. The lowest BCUT2D eigenvalue weighted by molar-refractivity contribution is -0.383. The molecule has 25 heavy (non-hydrogen) atoms. The lowest BCUT2D eigenvalue weighted by Crippen LogP contribution is -2.06. The molecule has 0 aliphatic rings. The van der Waals surface area contributed by atoms with Crippen molar-refractivity contribution in [2.45, 2.75) is 6.92 Å². The van der Waals surface area contributed by atoms with Crippen molar-refractivity contribution in [3.05, 3.63) is 69.8 Å². The Morgan fingerprint density at radius 1 is 1.16 bits per heavy atom. The summed E-state index contributed by atoms with van der Waals surface area (Å²) in [4.78, 5) is 23.0. The van der Waals surface area contributed by atoms with Crippen LogP contribution in [-0.4, -0.2) is 19.9 Å². The van der Waals surface area contributed by atoms with Gasteiger partial charge in [0.2, 0.25) is 11.6 Å². The number of pyridine rings is 1. The van der Waals surface area contributed by atoms with E-state index in [-0.39, 0.29) is 17.3 Å². The lowest BCUT2D eigenvalue weighted by atomic mass is 10.2. The molecule has 0 amide bonds. The zero-order valence-corrected chi connectivity index (χ0v) is 13.9. The van der Waals surface area contributed by atoms with Crippen molar-refractivity contribution < 1.29 is 4.92 Å². The molecule has 0 aliphatic heterocycles. The minimum Gasteiger partial charge on any atom is -0.334 e. The average Bonchev–Trinajstić information content (AvgIpc) is 2.58. The average molecular weight is 357 g/mol. The van der Waals surface area contributed by atoms with Gasteiger partial charge >= 0.3 is 5.69 Å². The molecule has 9 heteroatoms. The molecule has 0 saturated carbocycles. The zero-order valence-electron chi connectivity index (χ0n) is 13.1. The summed E-state index contributed by atoms with van der Waals surface area (Å²) in [6, 6.07) is 8.63. The highest BCUT2D eigenvalue weighted by molar-refractivity contribution is 6.30. The summed E-state index contributed by atoms with van der Waals surface area (Å²) in [6.45, 7) is 1.84. The number of aromatic nitrogens is 3. The van der Waals surface area contributed by atoms with Crippen LogP contribution in [0, 0.1) is 17.0 Å². The molecule has 126 valence electrons. The van der Waals surface area contributed by atoms with Crippen LogP contribution in [0.2, 0.25) is 5.02 Å². The van der Waals surface area contributed by atoms with E-state index in [1.165, 1.54) is 6.33 Å². The van der Waals surface area contributed by atoms with E-state index in [2.05, 4.69) is 25.6 Å². The van der Waals surface area contributed by atoms with Crippen molar-refractivity contribution in [1.82, 2.24) is 15.0 Å². The predicted octanol–water partition coefficient (Wildman–Crippen LogP) is 4.23. The first-order valence-corrected chi connectivity index (χ1v) is 7.62. The summed E-state index contributed by atoms with van der Waals surface area (Å²) in [5.41, 5.74) is 1.82. The predicted molar refractivity (Wildman–Crippen MR) is 95.7 cm³/mol. The van der Waals surface area contributed by atoms with Gasteiger partial charge in [0.05, 0.1) is 16.8 Å². The molecule has 0 spiro atoms. The third-order valence-electron chi connectivity index (χ3n) is 3.37. The maximum Gasteiger partial charge on any atom is 0.353 e. The standard InChI is InChI=1S/C16H13ClN6O2/c1-10-7-11(17)4-5-13(10)22-16-14(23(24)25)15(19-9-20-16)21-12-3-2-6-18-8-12/h2-9H,1H3,(H2,19,20,21,22). The van der Waals surface area contributed by atoms with Crippen LogP contribution >= 0.6 is 11.6 Å². The molecule has 0 aliphatic carbocycles. The van der Waals surface area contributed by atoms with Crippen LogP contribution in [0.3, 0.4) is 0 Å². The van der Waals surface area contributed by atoms with E-state index in [1.54, 1.807) is 42.7 Å². The molecule has 8 nitrogen and oxygen atoms in total. The number of nitrogens with one attached hydrogen (secondary N) is 2. The summed E-state index contributed by atoms with van der Waals surface area (Å²) >= 11 is 5.94. The molecule has 0 radical (unpaired) electrons. The number of halogens is 1. The van der Waals surface area contributed by atoms with Gasteiger partial charge in [-0.05, 0) is 42.8 Å². The highest BCUT2D eigenvalue weighted by Crippen LogP contribution is 2.33. The van der Waals surface area contributed by atoms with Gasteiger partial charge in [-0.2, -0.15) is 0 Å². The third-order valence-corrected chi connectivity index (χ3v) is 3.61. The summed E-state index contributed by atoms with van der Waals surface area (Å²) < 4.78 is 0. The highest BCUT2D eigenvalue weighted by atomic mass is 35.5. The second kappa shape index (κ2) is 7.10.